The first-order valence-electron chi connectivity index (χ1n) is 7.93. The molecule has 0 fully saturated rings. The van der Waals surface area contributed by atoms with Gasteiger partial charge < -0.3 is 20.5 Å². The molecule has 0 atom stereocenters. The van der Waals surface area contributed by atoms with Gasteiger partial charge in [-0.25, -0.2) is 0 Å². The Balaban J connectivity index is 1.97. The van der Waals surface area contributed by atoms with Crippen LogP contribution in [0, 0.1) is 6.92 Å². The van der Waals surface area contributed by atoms with Gasteiger partial charge in [-0.2, -0.15) is 0 Å². The first kappa shape index (κ1) is 18.3. The minimum absolute atomic E-state index is 0.201. The number of methoxy groups -OCH3 is 1. The molecule has 0 spiro atoms. The van der Waals surface area contributed by atoms with Crippen molar-refractivity contribution in [2.75, 3.05) is 20.3 Å². The summed E-state index contributed by atoms with van der Waals surface area (Å²) in [4.78, 5) is 23.1. The molecule has 0 saturated heterocycles. The number of aryl methyl sites for hydroxylation is 1. The second-order valence-corrected chi connectivity index (χ2v) is 5.55. The third kappa shape index (κ3) is 5.24. The molecular weight excluding hydrogens is 320 g/mol. The fraction of sp³-hybridized carbons (Fsp3) is 0.263. The van der Waals surface area contributed by atoms with Crippen molar-refractivity contribution in [3.8, 4) is 11.5 Å². The summed E-state index contributed by atoms with van der Waals surface area (Å²) in [6.45, 7) is 2.33. The number of amides is 2. The van der Waals surface area contributed by atoms with Crippen LogP contribution >= 0.6 is 0 Å². The van der Waals surface area contributed by atoms with Gasteiger partial charge in [0.15, 0.2) is 18.1 Å². The van der Waals surface area contributed by atoms with E-state index in [-0.39, 0.29) is 12.5 Å². The molecule has 0 aliphatic carbocycles. The molecule has 0 aliphatic rings. The molecular formula is C19H22N2O4. The molecule has 0 unspecified atom stereocenters. The number of rotatable bonds is 8. The van der Waals surface area contributed by atoms with E-state index in [4.69, 9.17) is 15.2 Å². The molecule has 0 bridgehead atoms. The van der Waals surface area contributed by atoms with Crippen molar-refractivity contribution >= 4 is 11.8 Å². The average molecular weight is 342 g/mol. The van der Waals surface area contributed by atoms with E-state index < -0.39 is 5.91 Å². The van der Waals surface area contributed by atoms with Gasteiger partial charge in [-0.1, -0.05) is 24.3 Å². The van der Waals surface area contributed by atoms with E-state index in [9.17, 15) is 9.59 Å². The topological polar surface area (TPSA) is 90.7 Å². The SMILES string of the molecule is COc1cc(C(=O)NCCc2ccccc2C)ccc1OCC(N)=O. The third-order valence-corrected chi connectivity index (χ3v) is 3.74. The lowest BCUT2D eigenvalue weighted by atomic mass is 10.1. The number of benzene rings is 2. The summed E-state index contributed by atoms with van der Waals surface area (Å²) in [5, 5.41) is 2.89. The minimum Gasteiger partial charge on any atom is -0.493 e. The molecule has 2 aromatic carbocycles. The molecule has 2 rings (SSSR count). The van der Waals surface area contributed by atoms with Gasteiger partial charge in [-0.15, -0.1) is 0 Å². The van der Waals surface area contributed by atoms with Crippen LogP contribution in [0.2, 0.25) is 0 Å². The highest BCUT2D eigenvalue weighted by Crippen LogP contribution is 2.28. The number of carbonyl (C=O) groups is 2. The van der Waals surface area contributed by atoms with Gasteiger partial charge in [0, 0.05) is 12.1 Å². The van der Waals surface area contributed by atoms with E-state index in [1.54, 1.807) is 18.2 Å². The van der Waals surface area contributed by atoms with Crippen molar-refractivity contribution in [3.05, 3.63) is 59.2 Å². The van der Waals surface area contributed by atoms with Gasteiger partial charge in [0.2, 0.25) is 0 Å². The van der Waals surface area contributed by atoms with Gasteiger partial charge in [0.1, 0.15) is 0 Å². The molecule has 2 aromatic rings. The van der Waals surface area contributed by atoms with Crippen LogP contribution in [-0.4, -0.2) is 32.1 Å². The van der Waals surface area contributed by atoms with Crippen LogP contribution in [0.15, 0.2) is 42.5 Å². The highest BCUT2D eigenvalue weighted by molar-refractivity contribution is 5.94. The second-order valence-electron chi connectivity index (χ2n) is 5.55. The van der Waals surface area contributed by atoms with Crippen LogP contribution in [0.5, 0.6) is 11.5 Å². The highest BCUT2D eigenvalue weighted by Gasteiger charge is 2.12. The molecule has 6 heteroatoms. The predicted molar refractivity (Wildman–Crippen MR) is 94.9 cm³/mol. The average Bonchev–Trinajstić information content (AvgIpc) is 2.61. The normalized spacial score (nSPS) is 10.2. The number of carbonyl (C=O) groups excluding carboxylic acids is 2. The summed E-state index contributed by atoms with van der Waals surface area (Å²) in [6.07, 6.45) is 0.759. The summed E-state index contributed by atoms with van der Waals surface area (Å²) in [5.74, 6) is -0.0565. The molecule has 6 nitrogen and oxygen atoms in total. The molecule has 0 saturated carbocycles. The number of hydrogen-bond acceptors (Lipinski definition) is 4. The molecule has 0 aliphatic heterocycles. The monoisotopic (exact) mass is 342 g/mol. The van der Waals surface area contributed by atoms with Crippen LogP contribution in [0.25, 0.3) is 0 Å². The third-order valence-electron chi connectivity index (χ3n) is 3.74. The molecule has 0 heterocycles. The summed E-state index contributed by atoms with van der Waals surface area (Å²) >= 11 is 0. The van der Waals surface area contributed by atoms with Gasteiger partial charge in [0.05, 0.1) is 7.11 Å². The first-order chi connectivity index (χ1) is 12.0. The molecule has 25 heavy (non-hydrogen) atoms. The van der Waals surface area contributed by atoms with Crippen LogP contribution < -0.4 is 20.5 Å². The lowest BCUT2D eigenvalue weighted by Gasteiger charge is -2.12. The Bertz CT molecular complexity index is 759. The molecule has 3 N–H and O–H groups in total. The Morgan fingerprint density at radius 1 is 1.12 bits per heavy atom. The van der Waals surface area contributed by atoms with Gasteiger partial charge in [-0.3, -0.25) is 9.59 Å². The Morgan fingerprint density at radius 2 is 1.88 bits per heavy atom. The second kappa shape index (κ2) is 8.73. The number of ether oxygens (including phenoxy) is 2. The lowest BCUT2D eigenvalue weighted by molar-refractivity contribution is -0.119. The molecule has 132 valence electrons. The van der Waals surface area contributed by atoms with Gasteiger partial charge in [-0.05, 0) is 42.7 Å². The van der Waals surface area contributed by atoms with Crippen LogP contribution in [0.3, 0.4) is 0 Å². The summed E-state index contributed by atoms with van der Waals surface area (Å²) in [6, 6.07) is 12.8. The van der Waals surface area contributed by atoms with E-state index in [1.807, 2.05) is 25.1 Å². The van der Waals surface area contributed by atoms with Crippen LogP contribution in [-0.2, 0) is 11.2 Å². The van der Waals surface area contributed by atoms with E-state index in [0.29, 0.717) is 23.6 Å². The zero-order valence-electron chi connectivity index (χ0n) is 14.4. The van der Waals surface area contributed by atoms with Crippen molar-refractivity contribution in [2.24, 2.45) is 5.73 Å². The summed E-state index contributed by atoms with van der Waals surface area (Å²) in [5.41, 5.74) is 7.91. The Morgan fingerprint density at radius 3 is 2.56 bits per heavy atom. The van der Waals surface area contributed by atoms with E-state index in [1.165, 1.54) is 18.2 Å². The van der Waals surface area contributed by atoms with Crippen molar-refractivity contribution in [2.45, 2.75) is 13.3 Å². The van der Waals surface area contributed by atoms with Crippen molar-refractivity contribution in [3.63, 3.8) is 0 Å². The number of hydrogen-bond donors (Lipinski definition) is 2. The smallest absolute Gasteiger partial charge is 0.255 e. The summed E-state index contributed by atoms with van der Waals surface area (Å²) < 4.78 is 10.4. The first-order valence-corrected chi connectivity index (χ1v) is 7.93. The number of nitrogens with one attached hydrogen (secondary N) is 1. The van der Waals surface area contributed by atoms with Gasteiger partial charge >= 0.3 is 0 Å². The maximum Gasteiger partial charge on any atom is 0.255 e. The fourth-order valence-electron chi connectivity index (χ4n) is 2.38. The Labute approximate surface area is 146 Å². The number of primary amides is 1. The van der Waals surface area contributed by atoms with Gasteiger partial charge in [0.25, 0.3) is 11.8 Å². The quantitative estimate of drug-likeness (QED) is 0.766. The zero-order chi connectivity index (χ0) is 18.2. The standard InChI is InChI=1S/C19H22N2O4/c1-13-5-3-4-6-14(13)9-10-21-19(23)15-7-8-16(17(11-15)24-2)25-12-18(20)22/h3-8,11H,9-10,12H2,1-2H3,(H2,20,22)(H,21,23). The highest BCUT2D eigenvalue weighted by atomic mass is 16.5. The van der Waals surface area contributed by atoms with E-state index in [0.717, 1.165) is 6.42 Å². The van der Waals surface area contributed by atoms with Crippen LogP contribution in [0.4, 0.5) is 0 Å². The maximum atomic E-state index is 12.3. The molecule has 0 radical (unpaired) electrons. The molecule has 0 aromatic heterocycles. The van der Waals surface area contributed by atoms with Crippen molar-refractivity contribution in [1.82, 2.24) is 5.32 Å². The minimum atomic E-state index is -0.583. The largest absolute Gasteiger partial charge is 0.493 e. The van der Waals surface area contributed by atoms with Crippen molar-refractivity contribution < 1.29 is 19.1 Å². The zero-order valence-corrected chi connectivity index (χ0v) is 14.4. The number of nitrogens with two attached hydrogens (primary N) is 1. The van der Waals surface area contributed by atoms with Crippen LogP contribution in [0.1, 0.15) is 21.5 Å². The molecule has 2 amide bonds. The Hall–Kier alpha value is -3.02. The van der Waals surface area contributed by atoms with E-state index in [2.05, 4.69) is 11.4 Å². The lowest BCUT2D eigenvalue weighted by Crippen LogP contribution is -2.26. The van der Waals surface area contributed by atoms with E-state index >= 15 is 0 Å². The fourth-order valence-corrected chi connectivity index (χ4v) is 2.38. The maximum absolute atomic E-state index is 12.3. The summed E-state index contributed by atoms with van der Waals surface area (Å²) in [7, 11) is 1.46. The van der Waals surface area contributed by atoms with Crippen molar-refractivity contribution in [1.29, 1.82) is 0 Å². The predicted octanol–water partition coefficient (Wildman–Crippen LogP) is 1.84. The Kier molecular flexibility index (Phi) is 6.39.